The third kappa shape index (κ3) is 5.81. The van der Waals surface area contributed by atoms with Crippen molar-refractivity contribution >= 4 is 78.0 Å². The third-order valence-corrected chi connectivity index (χ3v) is 14.5. The van der Waals surface area contributed by atoms with Crippen molar-refractivity contribution in [3.05, 3.63) is 149 Å². The molecule has 0 N–H and O–H groups in total. The molecule has 0 unspecified atom stereocenters. The lowest BCUT2D eigenvalue weighted by atomic mass is 9.36. The van der Waals surface area contributed by atoms with Gasteiger partial charge in [-0.3, -0.25) is 0 Å². The van der Waals surface area contributed by atoms with Gasteiger partial charge >= 0.3 is 0 Å². The van der Waals surface area contributed by atoms with E-state index >= 15 is 0 Å². The van der Waals surface area contributed by atoms with E-state index in [1.165, 1.54) is 117 Å². The van der Waals surface area contributed by atoms with Gasteiger partial charge in [0.15, 0.2) is 0 Å². The van der Waals surface area contributed by atoms with Crippen molar-refractivity contribution in [1.29, 1.82) is 0 Å². The minimum absolute atomic E-state index is 0.0219. The Hall–Kier alpha value is -5.06. The summed E-state index contributed by atoms with van der Waals surface area (Å²) >= 11 is 2.00. The normalized spacial score (nSPS) is 14.6. The summed E-state index contributed by atoms with van der Waals surface area (Å²) in [6, 6.07) is 45.5. The van der Waals surface area contributed by atoms with Crippen molar-refractivity contribution < 1.29 is 0 Å². The number of thiophene rings is 1. The first-order valence-corrected chi connectivity index (χ1v) is 22.4. The van der Waals surface area contributed by atoms with E-state index in [-0.39, 0.29) is 17.5 Å². The average Bonchev–Trinajstić information content (AvgIpc) is 3.85. The quantitative estimate of drug-likeness (QED) is 0.161. The second-order valence-corrected chi connectivity index (χ2v) is 20.4. The van der Waals surface area contributed by atoms with Gasteiger partial charge in [0.25, 0.3) is 6.71 Å². The van der Waals surface area contributed by atoms with Crippen LogP contribution in [0.1, 0.15) is 108 Å². The number of hydrogen-bond donors (Lipinski definition) is 0. The summed E-state index contributed by atoms with van der Waals surface area (Å²) in [7, 11) is 0. The zero-order chi connectivity index (χ0) is 40.2. The molecule has 4 heteroatoms. The van der Waals surface area contributed by atoms with Gasteiger partial charge in [0.05, 0.1) is 11.4 Å². The van der Waals surface area contributed by atoms with E-state index in [0.717, 1.165) is 12.8 Å². The summed E-state index contributed by atoms with van der Waals surface area (Å²) in [4.78, 5) is 5.25. The number of benzene rings is 6. The maximum atomic E-state index is 2.64. The van der Waals surface area contributed by atoms with Crippen LogP contribution in [0, 0.1) is 0 Å². The highest BCUT2D eigenvalue weighted by molar-refractivity contribution is 7.33. The highest BCUT2D eigenvalue weighted by atomic mass is 32.1. The molecule has 58 heavy (non-hydrogen) atoms. The van der Waals surface area contributed by atoms with Crippen LogP contribution in [-0.2, 0) is 30.1 Å². The lowest BCUT2D eigenvalue weighted by Gasteiger charge is -2.43. The van der Waals surface area contributed by atoms with Crippen LogP contribution in [0.2, 0.25) is 0 Å². The van der Waals surface area contributed by atoms with E-state index < -0.39 is 0 Å². The van der Waals surface area contributed by atoms with Gasteiger partial charge in [-0.25, -0.2) is 0 Å². The Morgan fingerprint density at radius 3 is 2.07 bits per heavy atom. The molecular formula is C54H55BN2S. The maximum absolute atomic E-state index is 2.64. The lowest BCUT2D eigenvalue weighted by Crippen LogP contribution is -2.60. The SMILES string of the molecule is CCc1ccc2c(c1)B1c3sc4ccc(C(C)(C)C)cc4c3N(c3ccc(C(C)C)cc3)c3cccc(c31)N2c1ccc(C(C)(C)C)cc1-c1cccc2c1CCC2. The Bertz CT molecular complexity index is 2760. The predicted octanol–water partition coefficient (Wildman–Crippen LogP) is 13.4. The summed E-state index contributed by atoms with van der Waals surface area (Å²) in [5.74, 6) is 0.471. The van der Waals surface area contributed by atoms with E-state index in [1.807, 2.05) is 11.3 Å². The predicted molar refractivity (Wildman–Crippen MR) is 254 cm³/mol. The number of fused-ring (bicyclic) bond motifs is 7. The van der Waals surface area contributed by atoms with Crippen LogP contribution in [0.15, 0.2) is 115 Å². The lowest BCUT2D eigenvalue weighted by molar-refractivity contribution is 0.590. The molecule has 2 aliphatic heterocycles. The van der Waals surface area contributed by atoms with Crippen LogP contribution < -0.4 is 25.5 Å². The van der Waals surface area contributed by atoms with Gasteiger partial charge < -0.3 is 9.80 Å². The van der Waals surface area contributed by atoms with Crippen molar-refractivity contribution in [1.82, 2.24) is 0 Å². The van der Waals surface area contributed by atoms with Gasteiger partial charge in [-0.1, -0.05) is 123 Å². The highest BCUT2D eigenvalue weighted by Gasteiger charge is 2.45. The fourth-order valence-electron chi connectivity index (χ4n) is 9.98. The summed E-state index contributed by atoms with van der Waals surface area (Å²) in [5.41, 5.74) is 21.8. The summed E-state index contributed by atoms with van der Waals surface area (Å²) in [6.45, 7) is 21.0. The molecule has 0 saturated carbocycles. The molecule has 290 valence electrons. The van der Waals surface area contributed by atoms with E-state index in [1.54, 1.807) is 0 Å². The molecule has 3 aliphatic rings. The second kappa shape index (κ2) is 13.5. The second-order valence-electron chi connectivity index (χ2n) is 19.4. The summed E-state index contributed by atoms with van der Waals surface area (Å²) in [6.07, 6.45) is 4.53. The molecule has 6 aromatic carbocycles. The monoisotopic (exact) mass is 774 g/mol. The fraction of sp³-hybridized carbons (Fsp3) is 0.296. The van der Waals surface area contributed by atoms with Crippen molar-refractivity contribution in [2.75, 3.05) is 9.80 Å². The van der Waals surface area contributed by atoms with Crippen molar-refractivity contribution in [2.24, 2.45) is 0 Å². The molecule has 1 aliphatic carbocycles. The topological polar surface area (TPSA) is 6.48 Å². The molecule has 0 spiro atoms. The first-order valence-electron chi connectivity index (χ1n) is 21.6. The van der Waals surface area contributed by atoms with Crippen LogP contribution in [0.25, 0.3) is 21.2 Å². The van der Waals surface area contributed by atoms with Crippen LogP contribution in [0.5, 0.6) is 0 Å². The average molecular weight is 775 g/mol. The van der Waals surface area contributed by atoms with E-state index in [2.05, 4.69) is 187 Å². The van der Waals surface area contributed by atoms with Crippen LogP contribution in [0.4, 0.5) is 34.1 Å². The van der Waals surface area contributed by atoms with Crippen molar-refractivity contribution in [3.8, 4) is 11.1 Å². The molecule has 0 saturated heterocycles. The first-order chi connectivity index (χ1) is 27.8. The van der Waals surface area contributed by atoms with Gasteiger partial charge in [-0.05, 0) is 147 Å². The van der Waals surface area contributed by atoms with Gasteiger partial charge in [0.2, 0.25) is 0 Å². The summed E-state index contributed by atoms with van der Waals surface area (Å²) < 4.78 is 2.79. The van der Waals surface area contributed by atoms with Crippen LogP contribution >= 0.6 is 11.3 Å². The number of rotatable bonds is 5. The molecule has 7 aromatic rings. The molecule has 0 radical (unpaired) electrons. The molecule has 0 amide bonds. The van der Waals surface area contributed by atoms with E-state index in [0.29, 0.717) is 5.92 Å². The molecule has 0 bridgehead atoms. The van der Waals surface area contributed by atoms with Gasteiger partial charge in [0.1, 0.15) is 0 Å². The van der Waals surface area contributed by atoms with E-state index in [9.17, 15) is 0 Å². The molecule has 10 rings (SSSR count). The largest absolute Gasteiger partial charge is 0.311 e. The fourth-order valence-corrected chi connectivity index (χ4v) is 11.3. The number of anilines is 6. The molecule has 0 atom stereocenters. The Kier molecular flexibility index (Phi) is 8.66. The zero-order valence-corrected chi connectivity index (χ0v) is 36.6. The number of nitrogens with zero attached hydrogens (tertiary/aromatic N) is 2. The first kappa shape index (κ1) is 37.2. The maximum Gasteiger partial charge on any atom is 0.264 e. The van der Waals surface area contributed by atoms with Crippen LogP contribution in [0.3, 0.4) is 0 Å². The Morgan fingerprint density at radius 2 is 1.34 bits per heavy atom. The van der Waals surface area contributed by atoms with Crippen molar-refractivity contribution in [3.63, 3.8) is 0 Å². The zero-order valence-electron chi connectivity index (χ0n) is 35.8. The van der Waals surface area contributed by atoms with E-state index in [4.69, 9.17) is 0 Å². The third-order valence-electron chi connectivity index (χ3n) is 13.3. The van der Waals surface area contributed by atoms with Crippen LogP contribution in [-0.4, -0.2) is 6.71 Å². The molecule has 1 aromatic heterocycles. The molecule has 3 heterocycles. The van der Waals surface area contributed by atoms with Gasteiger partial charge in [-0.15, -0.1) is 11.3 Å². The van der Waals surface area contributed by atoms with Gasteiger partial charge in [0, 0.05) is 43.2 Å². The number of aryl methyl sites for hydroxylation is 2. The number of hydrogen-bond acceptors (Lipinski definition) is 3. The smallest absolute Gasteiger partial charge is 0.264 e. The highest BCUT2D eigenvalue weighted by Crippen LogP contribution is 2.50. The van der Waals surface area contributed by atoms with Crippen molar-refractivity contribution in [2.45, 2.75) is 105 Å². The minimum atomic E-state index is 0.0219. The standard InChI is InChI=1S/C54H55BN2S/c1-10-34-20-27-46-44(30-34)55-50-47(56(39-25-21-35(22-26-39)33(2)3)51-43-32-38(54(7,8)9)24-29-49(43)58-52(51)55)18-13-19-48(50)57(46)45-28-23-37(53(4,5)6)31-42(45)41-17-12-15-36-14-11-16-40(36)41/h12-13,15,17-33H,10-11,14,16H2,1-9H3. The summed E-state index contributed by atoms with van der Waals surface area (Å²) in [5, 5.41) is 1.35. The Balaban J connectivity index is 1.29. The molecular weight excluding hydrogens is 719 g/mol. The molecule has 2 nitrogen and oxygen atoms in total. The Labute approximate surface area is 350 Å². The Morgan fingerprint density at radius 1 is 0.655 bits per heavy atom. The van der Waals surface area contributed by atoms with Gasteiger partial charge in [-0.2, -0.15) is 0 Å². The minimum Gasteiger partial charge on any atom is -0.311 e. The molecule has 0 fully saturated rings.